The second-order valence-electron chi connectivity index (χ2n) is 5.25. The van der Waals surface area contributed by atoms with Gasteiger partial charge in [0.2, 0.25) is 0 Å². The van der Waals surface area contributed by atoms with Crippen LogP contribution in [0, 0.1) is 0 Å². The van der Waals surface area contributed by atoms with Crippen molar-refractivity contribution < 1.29 is 9.90 Å². The molecule has 0 radical (unpaired) electrons. The van der Waals surface area contributed by atoms with Crippen LogP contribution in [0.15, 0.2) is 42.6 Å². The van der Waals surface area contributed by atoms with Gasteiger partial charge in [-0.05, 0) is 30.7 Å². The highest BCUT2D eigenvalue weighted by molar-refractivity contribution is 5.95. The summed E-state index contributed by atoms with van der Waals surface area (Å²) in [6.45, 7) is 1.01. The molecule has 1 aliphatic rings. The Morgan fingerprint density at radius 1 is 1.33 bits per heavy atom. The lowest BCUT2D eigenvalue weighted by Gasteiger charge is -2.16. The summed E-state index contributed by atoms with van der Waals surface area (Å²) in [6.07, 6.45) is 1.84. The van der Waals surface area contributed by atoms with Crippen molar-refractivity contribution in [2.75, 3.05) is 18.8 Å². The van der Waals surface area contributed by atoms with E-state index in [4.69, 9.17) is 5.73 Å². The van der Waals surface area contributed by atoms with Crippen molar-refractivity contribution in [2.24, 2.45) is 0 Å². The molecule has 108 valence electrons. The Hall–Kier alpha value is -2.40. The lowest BCUT2D eigenvalue weighted by atomic mass is 10.1. The van der Waals surface area contributed by atoms with Gasteiger partial charge in [0.25, 0.3) is 5.91 Å². The first-order valence-corrected chi connectivity index (χ1v) is 6.93. The minimum Gasteiger partial charge on any atom is -0.397 e. The molecular formula is C16H17N3O2. The topological polar surface area (TPSA) is 79.5 Å². The normalized spacial score (nSPS) is 18.0. The van der Waals surface area contributed by atoms with Crippen LogP contribution in [0.2, 0.25) is 0 Å². The molecule has 1 aromatic carbocycles. The van der Waals surface area contributed by atoms with Crippen molar-refractivity contribution in [3.63, 3.8) is 0 Å². The first-order valence-electron chi connectivity index (χ1n) is 6.93. The largest absolute Gasteiger partial charge is 0.397 e. The molecule has 2 heterocycles. The molecule has 1 aliphatic heterocycles. The van der Waals surface area contributed by atoms with E-state index in [2.05, 4.69) is 4.98 Å². The van der Waals surface area contributed by atoms with E-state index >= 15 is 0 Å². The minimum absolute atomic E-state index is 0.0520. The van der Waals surface area contributed by atoms with Gasteiger partial charge < -0.3 is 15.7 Å². The van der Waals surface area contributed by atoms with Crippen molar-refractivity contribution in [1.82, 2.24) is 9.88 Å². The Balaban J connectivity index is 1.86. The van der Waals surface area contributed by atoms with Gasteiger partial charge in [0.1, 0.15) is 0 Å². The van der Waals surface area contributed by atoms with E-state index in [1.165, 1.54) is 0 Å². The number of β-amino-alcohol motifs (C(OH)–C–C–N with tert-alkyl or cyclic N) is 1. The fourth-order valence-corrected chi connectivity index (χ4v) is 2.50. The predicted octanol–water partition coefficient (Wildman–Crippen LogP) is 1.54. The number of carbonyl (C=O) groups is 1. The number of nitrogen functional groups attached to an aromatic ring is 1. The van der Waals surface area contributed by atoms with Gasteiger partial charge in [-0.15, -0.1) is 0 Å². The van der Waals surface area contributed by atoms with Gasteiger partial charge in [0, 0.05) is 24.2 Å². The summed E-state index contributed by atoms with van der Waals surface area (Å²) in [6, 6.07) is 11.0. The van der Waals surface area contributed by atoms with Crippen LogP contribution in [0.4, 0.5) is 5.69 Å². The van der Waals surface area contributed by atoms with Gasteiger partial charge >= 0.3 is 0 Å². The molecular weight excluding hydrogens is 266 g/mol. The Morgan fingerprint density at radius 3 is 2.86 bits per heavy atom. The molecule has 5 heteroatoms. The number of aliphatic hydroxyl groups excluding tert-OH is 1. The summed E-state index contributed by atoms with van der Waals surface area (Å²) in [5, 5.41) is 9.54. The maximum atomic E-state index is 12.4. The second kappa shape index (κ2) is 5.54. The van der Waals surface area contributed by atoms with E-state index in [-0.39, 0.29) is 5.91 Å². The number of hydrogen-bond donors (Lipinski definition) is 2. The van der Waals surface area contributed by atoms with E-state index in [9.17, 15) is 9.90 Å². The molecule has 21 heavy (non-hydrogen) atoms. The van der Waals surface area contributed by atoms with Crippen LogP contribution in [-0.2, 0) is 0 Å². The lowest BCUT2D eigenvalue weighted by Crippen LogP contribution is -2.29. The number of benzene rings is 1. The van der Waals surface area contributed by atoms with E-state index in [0.29, 0.717) is 30.8 Å². The van der Waals surface area contributed by atoms with Crippen LogP contribution in [0.25, 0.3) is 11.3 Å². The molecule has 3 N–H and O–H groups in total. The molecule has 1 amide bonds. The summed E-state index contributed by atoms with van der Waals surface area (Å²) in [7, 11) is 0. The number of likely N-dealkylation sites (tertiary alicyclic amines) is 1. The summed E-state index contributed by atoms with van der Waals surface area (Å²) in [5.74, 6) is -0.0520. The highest BCUT2D eigenvalue weighted by atomic mass is 16.3. The molecule has 3 rings (SSSR count). The summed E-state index contributed by atoms with van der Waals surface area (Å²) in [4.78, 5) is 18.4. The Kier molecular flexibility index (Phi) is 3.58. The zero-order valence-corrected chi connectivity index (χ0v) is 11.6. The van der Waals surface area contributed by atoms with Gasteiger partial charge in [-0.3, -0.25) is 9.78 Å². The number of pyridine rings is 1. The van der Waals surface area contributed by atoms with Gasteiger partial charge in [-0.1, -0.05) is 12.1 Å². The van der Waals surface area contributed by atoms with Crippen molar-refractivity contribution in [2.45, 2.75) is 12.5 Å². The third-order valence-corrected chi connectivity index (χ3v) is 3.64. The molecule has 2 aromatic rings. The molecule has 0 aliphatic carbocycles. The van der Waals surface area contributed by atoms with Crippen LogP contribution < -0.4 is 5.73 Å². The quantitative estimate of drug-likeness (QED) is 0.876. The summed E-state index contributed by atoms with van der Waals surface area (Å²) in [5.41, 5.74) is 8.50. The van der Waals surface area contributed by atoms with Gasteiger partial charge in [0.15, 0.2) is 0 Å². The molecule has 5 nitrogen and oxygen atoms in total. The van der Waals surface area contributed by atoms with E-state index in [0.717, 1.165) is 11.3 Å². The number of aromatic nitrogens is 1. The van der Waals surface area contributed by atoms with Crippen LogP contribution in [0.1, 0.15) is 16.8 Å². The third-order valence-electron chi connectivity index (χ3n) is 3.64. The summed E-state index contributed by atoms with van der Waals surface area (Å²) < 4.78 is 0. The number of rotatable bonds is 2. The number of nitrogens with zero attached hydrogens (tertiary/aromatic N) is 2. The lowest BCUT2D eigenvalue weighted by molar-refractivity contribution is 0.0765. The Morgan fingerprint density at radius 2 is 2.19 bits per heavy atom. The maximum absolute atomic E-state index is 12.4. The van der Waals surface area contributed by atoms with Crippen molar-refractivity contribution in [3.05, 3.63) is 48.2 Å². The van der Waals surface area contributed by atoms with Crippen molar-refractivity contribution in [1.29, 1.82) is 0 Å². The maximum Gasteiger partial charge on any atom is 0.253 e. The average molecular weight is 283 g/mol. The summed E-state index contributed by atoms with van der Waals surface area (Å²) >= 11 is 0. The Bertz CT molecular complexity index is 655. The number of hydrogen-bond acceptors (Lipinski definition) is 4. The molecule has 1 fully saturated rings. The van der Waals surface area contributed by atoms with E-state index < -0.39 is 6.10 Å². The van der Waals surface area contributed by atoms with Crippen molar-refractivity contribution in [3.8, 4) is 11.3 Å². The molecule has 1 atom stereocenters. The second-order valence-corrected chi connectivity index (χ2v) is 5.25. The van der Waals surface area contributed by atoms with E-state index in [1.807, 2.05) is 24.3 Å². The molecule has 0 saturated carbocycles. The first kappa shape index (κ1) is 13.6. The van der Waals surface area contributed by atoms with E-state index in [1.54, 1.807) is 23.2 Å². The molecule has 0 unspecified atom stereocenters. The van der Waals surface area contributed by atoms with Crippen molar-refractivity contribution >= 4 is 11.6 Å². The number of anilines is 1. The van der Waals surface area contributed by atoms with Crippen LogP contribution >= 0.6 is 0 Å². The predicted molar refractivity (Wildman–Crippen MR) is 80.6 cm³/mol. The fraction of sp³-hybridized carbons (Fsp3) is 0.250. The molecule has 0 spiro atoms. The van der Waals surface area contributed by atoms with Crippen LogP contribution in [0.5, 0.6) is 0 Å². The van der Waals surface area contributed by atoms with Crippen LogP contribution in [-0.4, -0.2) is 40.1 Å². The highest BCUT2D eigenvalue weighted by Gasteiger charge is 2.25. The number of amides is 1. The van der Waals surface area contributed by atoms with Crippen LogP contribution in [0.3, 0.4) is 0 Å². The standard InChI is InChI=1S/C16H17N3O2/c17-13-4-5-15(18-9-13)11-2-1-3-12(8-11)16(21)19-7-6-14(20)10-19/h1-5,8-9,14,20H,6-7,10,17H2/t14-/m1/s1. The number of carbonyl (C=O) groups excluding carboxylic acids is 1. The highest BCUT2D eigenvalue weighted by Crippen LogP contribution is 2.21. The number of nitrogens with two attached hydrogens (primary N) is 1. The molecule has 1 saturated heterocycles. The van der Waals surface area contributed by atoms with Gasteiger partial charge in [-0.2, -0.15) is 0 Å². The fourth-order valence-electron chi connectivity index (χ4n) is 2.50. The zero-order valence-electron chi connectivity index (χ0n) is 11.6. The molecule has 1 aromatic heterocycles. The Labute approximate surface area is 123 Å². The SMILES string of the molecule is Nc1ccc(-c2cccc(C(=O)N3CC[C@@H](O)C3)c2)nc1. The first-order chi connectivity index (χ1) is 10.1. The van der Waals surface area contributed by atoms with Gasteiger partial charge in [0.05, 0.1) is 23.7 Å². The monoisotopic (exact) mass is 283 g/mol. The zero-order chi connectivity index (χ0) is 14.8. The molecule has 0 bridgehead atoms. The number of aliphatic hydroxyl groups is 1. The minimum atomic E-state index is -0.407. The van der Waals surface area contributed by atoms with Gasteiger partial charge in [-0.25, -0.2) is 0 Å². The smallest absolute Gasteiger partial charge is 0.253 e. The third kappa shape index (κ3) is 2.87. The average Bonchev–Trinajstić information content (AvgIpc) is 2.94.